The van der Waals surface area contributed by atoms with E-state index in [1.807, 2.05) is 27.8 Å². The molecule has 6 heterocycles. The Morgan fingerprint density at radius 2 is 1.76 bits per heavy atom. The summed E-state index contributed by atoms with van der Waals surface area (Å²) in [7, 11) is 2.11. The zero-order valence-corrected chi connectivity index (χ0v) is 25.3. The molecule has 8 rings (SSSR count). The highest BCUT2D eigenvalue weighted by Crippen LogP contribution is 2.33. The first-order valence-corrected chi connectivity index (χ1v) is 15.2. The van der Waals surface area contributed by atoms with E-state index in [2.05, 4.69) is 60.0 Å². The number of rotatable bonds is 5. The van der Waals surface area contributed by atoms with Gasteiger partial charge in [-0.15, -0.1) is 0 Å². The Balaban J connectivity index is 1.01. The summed E-state index contributed by atoms with van der Waals surface area (Å²) in [6.07, 6.45) is 5.50. The zero-order chi connectivity index (χ0) is 31.4. The molecule has 0 aliphatic carbocycles. The summed E-state index contributed by atoms with van der Waals surface area (Å²) >= 11 is 0. The molecule has 0 saturated carbocycles. The van der Waals surface area contributed by atoms with Crippen molar-refractivity contribution < 1.29 is 9.21 Å². The Morgan fingerprint density at radius 1 is 0.935 bits per heavy atom. The van der Waals surface area contributed by atoms with Crippen molar-refractivity contribution in [2.24, 2.45) is 0 Å². The van der Waals surface area contributed by atoms with Gasteiger partial charge in [-0.2, -0.15) is 10.1 Å². The van der Waals surface area contributed by atoms with Gasteiger partial charge in [0.1, 0.15) is 23.4 Å². The van der Waals surface area contributed by atoms with Crippen LogP contribution in [0.15, 0.2) is 59.5 Å². The number of likely N-dealkylation sites (N-methyl/N-ethyl adjacent to an activating group) is 1. The molecule has 0 radical (unpaired) electrons. The Kier molecular flexibility index (Phi) is 6.71. The van der Waals surface area contributed by atoms with Gasteiger partial charge in [-0.1, -0.05) is 18.2 Å². The van der Waals surface area contributed by atoms with E-state index >= 15 is 0 Å². The van der Waals surface area contributed by atoms with Gasteiger partial charge in [0.25, 0.3) is 11.9 Å². The summed E-state index contributed by atoms with van der Waals surface area (Å²) < 4.78 is 7.27. The number of nitrogen functional groups attached to an aromatic ring is 2. The minimum Gasteiger partial charge on any atom is -0.424 e. The maximum atomic E-state index is 13.4. The summed E-state index contributed by atoms with van der Waals surface area (Å²) in [6, 6.07) is 12.0. The maximum absolute atomic E-state index is 13.4. The minimum absolute atomic E-state index is 0.0565. The van der Waals surface area contributed by atoms with Crippen LogP contribution in [0.4, 0.5) is 17.8 Å². The molecule has 46 heavy (non-hydrogen) atoms. The summed E-state index contributed by atoms with van der Waals surface area (Å²) in [6.45, 7) is 5.33. The highest BCUT2D eigenvalue weighted by Gasteiger charge is 2.24. The molecular weight excluding hydrogens is 584 g/mol. The Morgan fingerprint density at radius 3 is 2.59 bits per heavy atom. The van der Waals surface area contributed by atoms with Gasteiger partial charge >= 0.3 is 0 Å². The normalized spacial score (nSPS) is 15.5. The lowest BCUT2D eigenvalue weighted by atomic mass is 9.97. The molecule has 0 unspecified atom stereocenters. The van der Waals surface area contributed by atoms with Crippen molar-refractivity contribution in [3.63, 3.8) is 0 Å². The van der Waals surface area contributed by atoms with Crippen LogP contribution in [0.25, 0.3) is 33.4 Å². The second-order valence-electron chi connectivity index (χ2n) is 11.8. The van der Waals surface area contributed by atoms with E-state index < -0.39 is 0 Å². The second kappa shape index (κ2) is 11.1. The number of piperazine rings is 1. The number of benzene rings is 2. The number of oxazole rings is 1. The van der Waals surface area contributed by atoms with Gasteiger partial charge < -0.3 is 30.6 Å². The molecule has 1 amide bonds. The van der Waals surface area contributed by atoms with E-state index in [1.54, 1.807) is 12.4 Å². The number of nitrogens with two attached hydrogens (primary N) is 2. The molecule has 14 nitrogen and oxygen atoms in total. The lowest BCUT2D eigenvalue weighted by Crippen LogP contribution is -2.45. The predicted octanol–water partition coefficient (Wildman–Crippen LogP) is 2.59. The number of anilines is 3. The molecule has 1 fully saturated rings. The molecule has 2 aliphatic rings. The van der Waals surface area contributed by atoms with Crippen molar-refractivity contribution in [2.75, 3.05) is 56.1 Å². The minimum atomic E-state index is -0.0565. The van der Waals surface area contributed by atoms with Gasteiger partial charge in [-0.25, -0.2) is 24.6 Å². The van der Waals surface area contributed by atoms with Crippen LogP contribution in [0, 0.1) is 0 Å². The van der Waals surface area contributed by atoms with Crippen LogP contribution in [0.2, 0.25) is 0 Å². The number of carbonyl (C=O) groups is 1. The Hall–Kier alpha value is -5.63. The summed E-state index contributed by atoms with van der Waals surface area (Å²) in [5.74, 6) is 0.966. The zero-order valence-electron chi connectivity index (χ0n) is 25.3. The molecule has 14 heteroatoms. The summed E-state index contributed by atoms with van der Waals surface area (Å²) in [5.41, 5.74) is 19.3. The molecule has 4 aromatic heterocycles. The van der Waals surface area contributed by atoms with Crippen LogP contribution >= 0.6 is 0 Å². The van der Waals surface area contributed by atoms with Crippen molar-refractivity contribution in [3.05, 3.63) is 77.4 Å². The highest BCUT2D eigenvalue weighted by atomic mass is 16.4. The predicted molar refractivity (Wildman–Crippen MR) is 173 cm³/mol. The maximum Gasteiger partial charge on any atom is 0.292 e. The third-order valence-electron chi connectivity index (χ3n) is 8.81. The molecule has 4 N–H and O–H groups in total. The molecule has 6 aromatic rings. The van der Waals surface area contributed by atoms with E-state index in [9.17, 15) is 4.79 Å². The molecule has 0 atom stereocenters. The van der Waals surface area contributed by atoms with Crippen molar-refractivity contribution in [2.45, 2.75) is 19.5 Å². The van der Waals surface area contributed by atoms with Gasteiger partial charge in [0.15, 0.2) is 11.2 Å². The second-order valence-corrected chi connectivity index (χ2v) is 11.8. The molecule has 1 saturated heterocycles. The fraction of sp³-hybridized carbons (Fsp3) is 0.281. The number of carbonyl (C=O) groups excluding carboxylic acids is 1. The first-order chi connectivity index (χ1) is 22.4. The van der Waals surface area contributed by atoms with Crippen molar-refractivity contribution in [1.29, 1.82) is 0 Å². The number of amides is 1. The number of aromatic nitrogens is 7. The van der Waals surface area contributed by atoms with Crippen LogP contribution in [0.5, 0.6) is 0 Å². The number of hydrogen-bond acceptors (Lipinski definition) is 12. The quantitative estimate of drug-likeness (QED) is 0.290. The topological polar surface area (TPSA) is 174 Å². The molecule has 2 aliphatic heterocycles. The molecule has 232 valence electrons. The molecule has 2 aromatic carbocycles. The fourth-order valence-corrected chi connectivity index (χ4v) is 6.27. The van der Waals surface area contributed by atoms with Crippen LogP contribution < -0.4 is 16.4 Å². The first kappa shape index (κ1) is 27.9. The monoisotopic (exact) mass is 616 g/mol. The van der Waals surface area contributed by atoms with E-state index in [4.69, 9.17) is 21.0 Å². The third kappa shape index (κ3) is 5.01. The van der Waals surface area contributed by atoms with E-state index in [0.29, 0.717) is 64.8 Å². The van der Waals surface area contributed by atoms with Crippen LogP contribution in [-0.2, 0) is 19.5 Å². The van der Waals surface area contributed by atoms with E-state index in [0.717, 1.165) is 49.3 Å². The average Bonchev–Trinajstić information content (AvgIpc) is 3.64. The van der Waals surface area contributed by atoms with Crippen LogP contribution in [0.3, 0.4) is 0 Å². The third-order valence-corrected chi connectivity index (χ3v) is 8.81. The largest absolute Gasteiger partial charge is 0.424 e. The Bertz CT molecular complexity index is 2100. The van der Waals surface area contributed by atoms with E-state index in [1.165, 1.54) is 11.9 Å². The van der Waals surface area contributed by atoms with Crippen LogP contribution in [0.1, 0.15) is 27.0 Å². The molecular formula is C32H32N12O2. The lowest BCUT2D eigenvalue weighted by molar-refractivity contribution is 0.0734. The fourth-order valence-electron chi connectivity index (χ4n) is 6.27. The van der Waals surface area contributed by atoms with Gasteiger partial charge in [0, 0.05) is 57.2 Å². The van der Waals surface area contributed by atoms with Gasteiger partial charge in [0.05, 0.1) is 17.5 Å². The highest BCUT2D eigenvalue weighted by molar-refractivity contribution is 5.99. The van der Waals surface area contributed by atoms with Crippen LogP contribution in [-0.4, -0.2) is 90.2 Å². The molecule has 0 bridgehead atoms. The lowest BCUT2D eigenvalue weighted by Gasteiger charge is -2.32. The number of nitrogens with zero attached hydrogens (tertiary/aromatic N) is 10. The SMILES string of the molecule is CN1CCN(c2ncc(C(=O)N3CCc4cc(Cn5nc(-c6ccc7oc(N)nc7c6)c6c(N)ncnc65)ccc4C3)cn2)CC1. The van der Waals surface area contributed by atoms with E-state index in [-0.39, 0.29) is 11.9 Å². The summed E-state index contributed by atoms with van der Waals surface area (Å²) in [4.78, 5) is 41.7. The van der Waals surface area contributed by atoms with Gasteiger partial charge in [0.2, 0.25) is 5.95 Å². The summed E-state index contributed by atoms with van der Waals surface area (Å²) in [5, 5.41) is 5.60. The average molecular weight is 617 g/mol. The first-order valence-electron chi connectivity index (χ1n) is 15.2. The smallest absolute Gasteiger partial charge is 0.292 e. The molecule has 0 spiro atoms. The van der Waals surface area contributed by atoms with Gasteiger partial charge in [-0.05, 0) is 48.4 Å². The Labute approximate surface area is 263 Å². The van der Waals surface area contributed by atoms with Crippen molar-refractivity contribution in [1.82, 2.24) is 44.5 Å². The number of fused-ring (bicyclic) bond motifs is 3. The van der Waals surface area contributed by atoms with Gasteiger partial charge in [-0.3, -0.25) is 4.79 Å². The van der Waals surface area contributed by atoms with Crippen molar-refractivity contribution >= 4 is 45.8 Å². The van der Waals surface area contributed by atoms with Crippen molar-refractivity contribution in [3.8, 4) is 11.3 Å². The number of hydrogen-bond donors (Lipinski definition) is 2. The standard InChI is InChI=1S/C32H32N12O2/c1-41-8-10-42(11-9-41)32-35-14-23(15-36-32)30(45)43-7-6-20-12-19(2-3-22(20)17-43)16-44-29-26(28(33)37-18-38-29)27(40-44)21-4-5-25-24(13-21)39-31(34)46-25/h2-5,12-15,18H,6-11,16-17H2,1H3,(H2,34,39)(H2,33,37,38).